The van der Waals surface area contributed by atoms with E-state index < -0.39 is 6.61 Å². The maximum Gasteiger partial charge on any atom is 0.245 e. The molecule has 82 valence electrons. The second-order valence-corrected chi connectivity index (χ2v) is 3.35. The highest BCUT2D eigenvalue weighted by Gasteiger charge is 2.19. The van der Waals surface area contributed by atoms with Gasteiger partial charge in [0, 0.05) is 19.6 Å². The van der Waals surface area contributed by atoms with Gasteiger partial charge in [-0.3, -0.25) is 9.69 Å². The Hall–Kier alpha value is -0.650. The topological polar surface area (TPSA) is 61.8 Å². The zero-order chi connectivity index (χ0) is 10.4. The Balaban J connectivity index is 2.20. The first-order chi connectivity index (χ1) is 6.76. The molecule has 0 aromatic heterocycles. The lowest BCUT2D eigenvalue weighted by Gasteiger charge is -2.32. The third kappa shape index (κ3) is 3.61. The summed E-state index contributed by atoms with van der Waals surface area (Å²) < 4.78 is 5.47. The predicted molar refractivity (Wildman–Crippen MR) is 51.9 cm³/mol. The van der Waals surface area contributed by atoms with Crippen molar-refractivity contribution in [2.24, 2.45) is 0 Å². The van der Waals surface area contributed by atoms with Crippen molar-refractivity contribution in [3.8, 4) is 0 Å². The summed E-state index contributed by atoms with van der Waals surface area (Å²) in [6.07, 6.45) is 0.0548. The van der Waals surface area contributed by atoms with Crippen LogP contribution in [0.25, 0.3) is 0 Å². The van der Waals surface area contributed by atoms with Crippen molar-refractivity contribution < 1.29 is 14.6 Å². The Morgan fingerprint density at radius 2 is 2.50 bits per heavy atom. The van der Waals surface area contributed by atoms with Gasteiger partial charge in [0.2, 0.25) is 5.91 Å². The SMILES string of the molecule is CCN1CCOC(CNC(=O)CO)C1. The summed E-state index contributed by atoms with van der Waals surface area (Å²) in [5, 5.41) is 11.1. The Labute approximate surface area is 84.0 Å². The molecule has 1 aliphatic rings. The standard InChI is InChI=1S/C9H18N2O3/c1-2-11-3-4-14-8(6-11)5-10-9(13)7-12/h8,12H,2-7H2,1H3,(H,10,13). The van der Waals surface area contributed by atoms with Gasteiger partial charge in [0.05, 0.1) is 12.7 Å². The number of likely N-dealkylation sites (N-methyl/N-ethyl adjacent to an activating group) is 1. The number of nitrogens with one attached hydrogen (secondary N) is 1. The molecule has 0 radical (unpaired) electrons. The Kier molecular flexibility index (Phi) is 4.86. The Morgan fingerprint density at radius 1 is 1.71 bits per heavy atom. The minimum atomic E-state index is -0.454. The van der Waals surface area contributed by atoms with E-state index in [4.69, 9.17) is 9.84 Å². The number of nitrogens with zero attached hydrogens (tertiary/aromatic N) is 1. The average Bonchev–Trinajstić information content (AvgIpc) is 2.26. The number of carbonyl (C=O) groups excluding carboxylic acids is 1. The van der Waals surface area contributed by atoms with Gasteiger partial charge in [0.25, 0.3) is 0 Å². The molecule has 1 heterocycles. The number of rotatable bonds is 4. The van der Waals surface area contributed by atoms with Gasteiger partial charge in [-0.25, -0.2) is 0 Å². The van der Waals surface area contributed by atoms with E-state index in [1.54, 1.807) is 0 Å². The van der Waals surface area contributed by atoms with Gasteiger partial charge in [-0.2, -0.15) is 0 Å². The van der Waals surface area contributed by atoms with E-state index in [1.807, 2.05) is 0 Å². The molecule has 2 N–H and O–H groups in total. The maximum atomic E-state index is 10.8. The number of carbonyl (C=O) groups is 1. The van der Waals surface area contributed by atoms with Crippen molar-refractivity contribution >= 4 is 5.91 Å². The molecule has 0 aromatic rings. The van der Waals surface area contributed by atoms with Crippen LogP contribution in [0.2, 0.25) is 0 Å². The molecular weight excluding hydrogens is 184 g/mol. The van der Waals surface area contributed by atoms with E-state index in [0.717, 1.165) is 19.6 Å². The van der Waals surface area contributed by atoms with Gasteiger partial charge in [-0.1, -0.05) is 6.92 Å². The lowest BCUT2D eigenvalue weighted by atomic mass is 10.2. The molecule has 5 heteroatoms. The average molecular weight is 202 g/mol. The van der Waals surface area contributed by atoms with Gasteiger partial charge in [-0.15, -0.1) is 0 Å². The fourth-order valence-corrected chi connectivity index (χ4v) is 1.47. The van der Waals surface area contributed by atoms with Crippen molar-refractivity contribution in [3.05, 3.63) is 0 Å². The number of morpholine rings is 1. The molecule has 1 saturated heterocycles. The highest BCUT2D eigenvalue weighted by molar-refractivity contribution is 5.76. The summed E-state index contributed by atoms with van der Waals surface area (Å²) >= 11 is 0. The van der Waals surface area contributed by atoms with Crippen molar-refractivity contribution in [2.45, 2.75) is 13.0 Å². The summed E-state index contributed by atoms with van der Waals surface area (Å²) in [5.74, 6) is -0.345. The summed E-state index contributed by atoms with van der Waals surface area (Å²) in [4.78, 5) is 13.1. The molecule has 0 bridgehead atoms. The second-order valence-electron chi connectivity index (χ2n) is 3.35. The largest absolute Gasteiger partial charge is 0.387 e. The molecule has 0 saturated carbocycles. The molecule has 1 aliphatic heterocycles. The lowest BCUT2D eigenvalue weighted by Crippen LogP contribution is -2.47. The van der Waals surface area contributed by atoms with Crippen molar-refractivity contribution in [1.82, 2.24) is 10.2 Å². The molecule has 0 aromatic carbocycles. The van der Waals surface area contributed by atoms with E-state index in [1.165, 1.54) is 0 Å². The highest BCUT2D eigenvalue weighted by atomic mass is 16.5. The van der Waals surface area contributed by atoms with Crippen LogP contribution < -0.4 is 5.32 Å². The van der Waals surface area contributed by atoms with Crippen LogP contribution in [0, 0.1) is 0 Å². The number of hydrogen-bond acceptors (Lipinski definition) is 4. The number of amides is 1. The van der Waals surface area contributed by atoms with E-state index in [-0.39, 0.29) is 12.0 Å². The first-order valence-electron chi connectivity index (χ1n) is 4.97. The van der Waals surface area contributed by atoms with Crippen LogP contribution in [-0.2, 0) is 9.53 Å². The smallest absolute Gasteiger partial charge is 0.245 e. The van der Waals surface area contributed by atoms with Crippen molar-refractivity contribution in [2.75, 3.05) is 39.4 Å². The lowest BCUT2D eigenvalue weighted by molar-refractivity contribution is -0.125. The summed E-state index contributed by atoms with van der Waals surface area (Å²) in [6, 6.07) is 0. The highest BCUT2D eigenvalue weighted by Crippen LogP contribution is 2.03. The molecule has 1 fully saturated rings. The number of aliphatic hydroxyl groups is 1. The first-order valence-corrected chi connectivity index (χ1v) is 4.97. The summed E-state index contributed by atoms with van der Waals surface area (Å²) in [7, 11) is 0. The third-order valence-electron chi connectivity index (χ3n) is 2.34. The minimum absolute atomic E-state index is 0.0548. The van der Waals surface area contributed by atoms with E-state index in [2.05, 4.69) is 17.1 Å². The van der Waals surface area contributed by atoms with E-state index in [9.17, 15) is 4.79 Å². The Morgan fingerprint density at radius 3 is 3.14 bits per heavy atom. The second kappa shape index (κ2) is 5.95. The van der Waals surface area contributed by atoms with E-state index in [0.29, 0.717) is 13.2 Å². The quantitative estimate of drug-likeness (QED) is 0.602. The predicted octanol–water partition coefficient (Wildman–Crippen LogP) is -1.18. The number of aliphatic hydroxyl groups excluding tert-OH is 1. The minimum Gasteiger partial charge on any atom is -0.387 e. The van der Waals surface area contributed by atoms with Gasteiger partial charge < -0.3 is 15.2 Å². The van der Waals surface area contributed by atoms with Crippen LogP contribution in [0.15, 0.2) is 0 Å². The van der Waals surface area contributed by atoms with Crippen LogP contribution in [-0.4, -0.2) is 61.4 Å². The number of ether oxygens (including phenoxy) is 1. The molecule has 5 nitrogen and oxygen atoms in total. The maximum absolute atomic E-state index is 10.8. The van der Waals surface area contributed by atoms with Crippen LogP contribution in [0.5, 0.6) is 0 Å². The molecule has 0 aliphatic carbocycles. The van der Waals surface area contributed by atoms with Crippen LogP contribution >= 0.6 is 0 Å². The number of hydrogen-bond donors (Lipinski definition) is 2. The molecule has 0 spiro atoms. The zero-order valence-corrected chi connectivity index (χ0v) is 8.53. The third-order valence-corrected chi connectivity index (χ3v) is 2.34. The van der Waals surface area contributed by atoms with Gasteiger partial charge >= 0.3 is 0 Å². The molecule has 1 unspecified atom stereocenters. The molecule has 1 amide bonds. The first kappa shape index (κ1) is 11.4. The van der Waals surface area contributed by atoms with E-state index >= 15 is 0 Å². The van der Waals surface area contributed by atoms with Crippen LogP contribution in [0.3, 0.4) is 0 Å². The van der Waals surface area contributed by atoms with Crippen molar-refractivity contribution in [3.63, 3.8) is 0 Å². The van der Waals surface area contributed by atoms with Gasteiger partial charge in [0.15, 0.2) is 0 Å². The molecule has 1 atom stereocenters. The fraction of sp³-hybridized carbons (Fsp3) is 0.889. The van der Waals surface area contributed by atoms with Crippen LogP contribution in [0.1, 0.15) is 6.92 Å². The van der Waals surface area contributed by atoms with Crippen LogP contribution in [0.4, 0.5) is 0 Å². The molecular formula is C9H18N2O3. The molecule has 1 rings (SSSR count). The molecule has 14 heavy (non-hydrogen) atoms. The summed E-state index contributed by atoms with van der Waals surface area (Å²) in [6.45, 7) is 5.67. The van der Waals surface area contributed by atoms with Gasteiger partial charge in [0.1, 0.15) is 6.61 Å². The summed E-state index contributed by atoms with van der Waals surface area (Å²) in [5.41, 5.74) is 0. The Bertz CT molecular complexity index is 187. The van der Waals surface area contributed by atoms with Gasteiger partial charge in [-0.05, 0) is 6.54 Å². The fourth-order valence-electron chi connectivity index (χ4n) is 1.47. The zero-order valence-electron chi connectivity index (χ0n) is 8.53. The monoisotopic (exact) mass is 202 g/mol. The normalized spacial score (nSPS) is 23.4. The van der Waals surface area contributed by atoms with Crippen molar-refractivity contribution in [1.29, 1.82) is 0 Å².